The number of hydrogen-bond donors (Lipinski definition) is 4. The number of carbonyl (C=O) groups is 2. The summed E-state index contributed by atoms with van der Waals surface area (Å²) in [5.74, 6) is -0.0789. The Balaban J connectivity index is 2.58. The molecular formula is C17H30N2O4. The van der Waals surface area contributed by atoms with Crippen molar-refractivity contribution in [1.82, 2.24) is 5.32 Å². The van der Waals surface area contributed by atoms with Gasteiger partial charge in [-0.3, -0.25) is 10.1 Å². The third-order valence-electron chi connectivity index (χ3n) is 4.57. The molecule has 0 amide bonds. The molecule has 5 atom stereocenters. The van der Waals surface area contributed by atoms with Crippen molar-refractivity contribution < 1.29 is 19.8 Å². The molecule has 1 aliphatic rings. The molecule has 0 aromatic carbocycles. The first-order valence-electron chi connectivity index (χ1n) is 8.20. The summed E-state index contributed by atoms with van der Waals surface area (Å²) in [6.07, 6.45) is 6.26. The Hall–Kier alpha value is -1.24. The highest BCUT2D eigenvalue weighted by Crippen LogP contribution is 2.43. The molecule has 0 spiro atoms. The van der Waals surface area contributed by atoms with Gasteiger partial charge in [0.2, 0.25) is 0 Å². The minimum atomic E-state index is -1.16. The molecule has 0 aliphatic heterocycles. The first kappa shape index (κ1) is 19.8. The monoisotopic (exact) mass is 326 g/mol. The van der Waals surface area contributed by atoms with Gasteiger partial charge in [-0.05, 0) is 30.1 Å². The maximum atomic E-state index is 10.8. The number of allylic oxidation sites excluding steroid dienone is 1. The molecule has 23 heavy (non-hydrogen) atoms. The molecule has 4 unspecified atom stereocenters. The molecule has 1 fully saturated rings. The summed E-state index contributed by atoms with van der Waals surface area (Å²) in [4.78, 5) is 21.4. The van der Waals surface area contributed by atoms with Crippen LogP contribution in [0.1, 0.15) is 46.5 Å². The van der Waals surface area contributed by atoms with Crippen molar-refractivity contribution in [3.63, 3.8) is 0 Å². The molecule has 0 saturated heterocycles. The molecule has 132 valence electrons. The molecule has 0 bridgehead atoms. The van der Waals surface area contributed by atoms with Gasteiger partial charge in [-0.15, -0.1) is 0 Å². The summed E-state index contributed by atoms with van der Waals surface area (Å²) < 4.78 is 0. The van der Waals surface area contributed by atoms with Crippen LogP contribution in [0.3, 0.4) is 0 Å². The second kappa shape index (κ2) is 8.57. The van der Waals surface area contributed by atoms with Gasteiger partial charge < -0.3 is 20.7 Å². The lowest BCUT2D eigenvalue weighted by molar-refractivity contribution is -0.138. The summed E-state index contributed by atoms with van der Waals surface area (Å²) in [6.45, 7) is 6.71. The molecule has 1 aliphatic carbocycles. The second-order valence-electron chi connectivity index (χ2n) is 7.48. The topological polar surface area (TPSA) is 113 Å². The molecule has 0 radical (unpaired) electrons. The number of rotatable bonds is 8. The van der Waals surface area contributed by atoms with Crippen molar-refractivity contribution in [2.45, 2.75) is 64.8 Å². The van der Waals surface area contributed by atoms with E-state index >= 15 is 0 Å². The van der Waals surface area contributed by atoms with Crippen LogP contribution >= 0.6 is 0 Å². The average Bonchev–Trinajstić information content (AvgIpc) is 2.91. The Bertz CT molecular complexity index is 431. The number of nitrogens with one attached hydrogen (secondary N) is 1. The summed E-state index contributed by atoms with van der Waals surface area (Å²) in [6, 6.07) is -1.64. The van der Waals surface area contributed by atoms with E-state index in [2.05, 4.69) is 32.2 Å². The average molecular weight is 326 g/mol. The molecule has 1 rings (SSSR count). The zero-order valence-electron chi connectivity index (χ0n) is 14.2. The zero-order valence-corrected chi connectivity index (χ0v) is 14.2. The van der Waals surface area contributed by atoms with Crippen LogP contribution in [0, 0.1) is 17.3 Å². The molecule has 5 N–H and O–H groups in total. The first-order valence-corrected chi connectivity index (χ1v) is 8.20. The number of carboxylic acid groups (broad SMARTS) is 1. The van der Waals surface area contributed by atoms with Crippen molar-refractivity contribution >= 4 is 12.3 Å². The number of nitrogens with two attached hydrogens (primary N) is 1. The molecular weight excluding hydrogens is 296 g/mol. The summed E-state index contributed by atoms with van der Waals surface area (Å²) in [5.41, 5.74) is 6.15. The fraction of sp³-hybridized carbons (Fsp3) is 0.765. The summed E-state index contributed by atoms with van der Waals surface area (Å²) in [5, 5.41) is 21.2. The molecule has 0 aromatic rings. The smallest absolute Gasteiger partial charge is 0.305 e. The largest absolute Gasteiger partial charge is 0.481 e. The van der Waals surface area contributed by atoms with Gasteiger partial charge in [-0.25, -0.2) is 0 Å². The van der Waals surface area contributed by atoms with E-state index < -0.39 is 24.3 Å². The lowest BCUT2D eigenvalue weighted by Gasteiger charge is -2.31. The molecule has 6 nitrogen and oxygen atoms in total. The normalized spacial score (nSPS) is 26.1. The van der Waals surface area contributed by atoms with Crippen LogP contribution in [0.15, 0.2) is 12.2 Å². The van der Waals surface area contributed by atoms with Gasteiger partial charge in [0.05, 0.1) is 18.5 Å². The molecule has 6 heteroatoms. The standard InChI is InChI=1S/C17H30N2O4/c1-17(2,3)13-6-4-5-11(13)7-8-14(18)16(23)19-12(10-20)9-15(21)22/h7-8,10-14,16,19,23H,4-6,9,18H2,1-3H3,(H,21,22)/t11?,12-,13?,14?,16?/m1/s1. The summed E-state index contributed by atoms with van der Waals surface area (Å²) >= 11 is 0. The van der Waals surface area contributed by atoms with E-state index in [1.54, 1.807) is 6.08 Å². The van der Waals surface area contributed by atoms with E-state index in [4.69, 9.17) is 10.8 Å². The second-order valence-corrected chi connectivity index (χ2v) is 7.48. The highest BCUT2D eigenvalue weighted by Gasteiger charge is 2.34. The number of carboxylic acids is 1. The van der Waals surface area contributed by atoms with Gasteiger partial charge in [0.1, 0.15) is 12.5 Å². The maximum absolute atomic E-state index is 10.8. The molecule has 0 heterocycles. The summed E-state index contributed by atoms with van der Waals surface area (Å²) in [7, 11) is 0. The third kappa shape index (κ3) is 6.41. The van der Waals surface area contributed by atoms with Gasteiger partial charge in [0.15, 0.2) is 0 Å². The Kier molecular flexibility index (Phi) is 7.38. The Morgan fingerprint density at radius 3 is 2.57 bits per heavy atom. The lowest BCUT2D eigenvalue weighted by atomic mass is 9.74. The Morgan fingerprint density at radius 1 is 1.39 bits per heavy atom. The fourth-order valence-corrected chi connectivity index (χ4v) is 3.34. The molecule has 0 aromatic heterocycles. The lowest BCUT2D eigenvalue weighted by Crippen LogP contribution is -2.49. The van der Waals surface area contributed by atoms with Gasteiger partial charge in [-0.1, -0.05) is 39.3 Å². The quantitative estimate of drug-likeness (QED) is 0.304. The van der Waals surface area contributed by atoms with Crippen molar-refractivity contribution in [3.05, 3.63) is 12.2 Å². The number of aliphatic hydroxyl groups is 1. The van der Waals surface area contributed by atoms with Gasteiger partial charge in [0, 0.05) is 0 Å². The van der Waals surface area contributed by atoms with Crippen molar-refractivity contribution in [2.75, 3.05) is 0 Å². The fourth-order valence-electron chi connectivity index (χ4n) is 3.34. The number of hydrogen-bond acceptors (Lipinski definition) is 5. The third-order valence-corrected chi connectivity index (χ3v) is 4.57. The number of aliphatic hydroxyl groups excluding tert-OH is 1. The predicted octanol–water partition coefficient (Wildman–Crippen LogP) is 1.28. The van der Waals surface area contributed by atoms with E-state index in [1.807, 2.05) is 0 Å². The highest BCUT2D eigenvalue weighted by molar-refractivity contribution is 5.73. The van der Waals surface area contributed by atoms with Crippen LogP contribution < -0.4 is 11.1 Å². The Morgan fingerprint density at radius 2 is 2.04 bits per heavy atom. The van der Waals surface area contributed by atoms with Crippen LogP contribution in [0.25, 0.3) is 0 Å². The number of carbonyl (C=O) groups excluding carboxylic acids is 1. The van der Waals surface area contributed by atoms with Crippen molar-refractivity contribution in [3.8, 4) is 0 Å². The number of aldehydes is 1. The Labute approximate surface area is 138 Å². The predicted molar refractivity (Wildman–Crippen MR) is 88.6 cm³/mol. The van der Waals surface area contributed by atoms with E-state index in [9.17, 15) is 14.7 Å². The molecule has 1 saturated carbocycles. The minimum absolute atomic E-state index is 0.233. The maximum Gasteiger partial charge on any atom is 0.305 e. The van der Waals surface area contributed by atoms with Crippen LogP contribution in [-0.4, -0.2) is 40.8 Å². The van der Waals surface area contributed by atoms with Crippen LogP contribution in [0.5, 0.6) is 0 Å². The van der Waals surface area contributed by atoms with E-state index in [-0.39, 0.29) is 11.8 Å². The van der Waals surface area contributed by atoms with Crippen molar-refractivity contribution in [2.24, 2.45) is 23.0 Å². The van der Waals surface area contributed by atoms with E-state index in [0.717, 1.165) is 6.42 Å². The van der Waals surface area contributed by atoms with E-state index in [1.165, 1.54) is 12.8 Å². The van der Waals surface area contributed by atoms with Crippen LogP contribution in [0.4, 0.5) is 0 Å². The van der Waals surface area contributed by atoms with E-state index in [0.29, 0.717) is 18.1 Å². The number of aliphatic carboxylic acids is 1. The van der Waals surface area contributed by atoms with Gasteiger partial charge in [-0.2, -0.15) is 0 Å². The van der Waals surface area contributed by atoms with Crippen molar-refractivity contribution in [1.29, 1.82) is 0 Å². The zero-order chi connectivity index (χ0) is 17.6. The minimum Gasteiger partial charge on any atom is -0.481 e. The highest BCUT2D eigenvalue weighted by atomic mass is 16.4. The SMILES string of the molecule is CC(C)(C)C1CCCC1C=CC(N)C(O)N[C@@H](C=O)CC(=O)O. The van der Waals surface area contributed by atoms with Crippen LogP contribution in [0.2, 0.25) is 0 Å². The first-order chi connectivity index (χ1) is 10.6. The van der Waals surface area contributed by atoms with Gasteiger partial charge >= 0.3 is 5.97 Å². The van der Waals surface area contributed by atoms with Gasteiger partial charge in [0.25, 0.3) is 0 Å². The van der Waals surface area contributed by atoms with Crippen LogP contribution in [-0.2, 0) is 9.59 Å².